The molecular formula is C44H29NO. The molecule has 0 bridgehead atoms. The summed E-state index contributed by atoms with van der Waals surface area (Å²) >= 11 is 0. The molecule has 2 nitrogen and oxygen atoms in total. The van der Waals surface area contributed by atoms with Crippen LogP contribution in [0.5, 0.6) is 0 Å². The van der Waals surface area contributed by atoms with Crippen LogP contribution in [0.4, 0.5) is 17.1 Å². The fourth-order valence-corrected chi connectivity index (χ4v) is 6.84. The molecule has 1 heterocycles. The highest BCUT2D eigenvalue weighted by Crippen LogP contribution is 2.42. The van der Waals surface area contributed by atoms with E-state index in [2.05, 4.69) is 181 Å². The second kappa shape index (κ2) is 10.8. The van der Waals surface area contributed by atoms with E-state index in [0.29, 0.717) is 0 Å². The third-order valence-corrected chi connectivity index (χ3v) is 9.04. The lowest BCUT2D eigenvalue weighted by molar-refractivity contribution is 0.669. The van der Waals surface area contributed by atoms with E-state index in [1.165, 1.54) is 43.8 Å². The molecule has 0 radical (unpaired) electrons. The maximum Gasteiger partial charge on any atom is 0.136 e. The Morgan fingerprint density at radius 1 is 0.348 bits per heavy atom. The number of rotatable bonds is 5. The second-order valence-electron chi connectivity index (χ2n) is 11.8. The van der Waals surface area contributed by atoms with Crippen LogP contribution in [0.3, 0.4) is 0 Å². The molecule has 0 aliphatic heterocycles. The molecule has 0 fully saturated rings. The minimum absolute atomic E-state index is 0.881. The Hall–Kier alpha value is -6.12. The first-order valence-corrected chi connectivity index (χ1v) is 15.7. The van der Waals surface area contributed by atoms with E-state index in [-0.39, 0.29) is 0 Å². The first kappa shape index (κ1) is 26.3. The van der Waals surface area contributed by atoms with Gasteiger partial charge in [0.15, 0.2) is 0 Å². The zero-order valence-electron chi connectivity index (χ0n) is 25.1. The lowest BCUT2D eigenvalue weighted by atomic mass is 9.97. The van der Waals surface area contributed by atoms with E-state index in [4.69, 9.17) is 4.42 Å². The van der Waals surface area contributed by atoms with Gasteiger partial charge in [-0.1, -0.05) is 121 Å². The van der Waals surface area contributed by atoms with Gasteiger partial charge in [0.1, 0.15) is 11.2 Å². The van der Waals surface area contributed by atoms with Gasteiger partial charge >= 0.3 is 0 Å². The van der Waals surface area contributed by atoms with Crippen molar-refractivity contribution in [1.82, 2.24) is 0 Å². The zero-order valence-corrected chi connectivity index (χ0v) is 25.1. The van der Waals surface area contributed by atoms with Crippen molar-refractivity contribution in [2.24, 2.45) is 0 Å². The minimum atomic E-state index is 0.881. The van der Waals surface area contributed by atoms with Crippen LogP contribution in [0.1, 0.15) is 0 Å². The van der Waals surface area contributed by atoms with Crippen LogP contribution < -0.4 is 4.90 Å². The average Bonchev–Trinajstić information content (AvgIpc) is 3.50. The molecule has 0 aliphatic carbocycles. The van der Waals surface area contributed by atoms with Gasteiger partial charge in [-0.05, 0) is 98.4 Å². The lowest BCUT2D eigenvalue weighted by Crippen LogP contribution is -2.09. The van der Waals surface area contributed by atoms with E-state index in [1.807, 2.05) is 0 Å². The monoisotopic (exact) mass is 587 g/mol. The predicted octanol–water partition coefficient (Wildman–Crippen LogP) is 12.7. The van der Waals surface area contributed by atoms with Crippen LogP contribution in [0.2, 0.25) is 0 Å². The molecule has 1 aromatic heterocycles. The summed E-state index contributed by atoms with van der Waals surface area (Å²) in [6.07, 6.45) is 0. The number of para-hydroxylation sites is 1. The molecule has 0 saturated carbocycles. The van der Waals surface area contributed by atoms with Gasteiger partial charge in [-0.3, -0.25) is 0 Å². The molecule has 0 saturated heterocycles. The first-order chi connectivity index (χ1) is 22.8. The molecule has 0 aliphatic rings. The van der Waals surface area contributed by atoms with Gasteiger partial charge in [0, 0.05) is 27.8 Å². The molecule has 0 amide bonds. The van der Waals surface area contributed by atoms with Gasteiger partial charge in [0.25, 0.3) is 0 Å². The minimum Gasteiger partial charge on any atom is -0.456 e. The van der Waals surface area contributed by atoms with Gasteiger partial charge in [-0.15, -0.1) is 0 Å². The van der Waals surface area contributed by atoms with Gasteiger partial charge < -0.3 is 9.32 Å². The van der Waals surface area contributed by atoms with E-state index in [9.17, 15) is 0 Å². The van der Waals surface area contributed by atoms with Crippen molar-refractivity contribution in [1.29, 1.82) is 0 Å². The summed E-state index contributed by atoms with van der Waals surface area (Å²) < 4.78 is 6.43. The molecular weight excluding hydrogens is 558 g/mol. The third kappa shape index (κ3) is 4.43. The molecule has 0 N–H and O–H groups in total. The summed E-state index contributed by atoms with van der Waals surface area (Å²) in [5, 5.41) is 7.21. The smallest absolute Gasteiger partial charge is 0.136 e. The summed E-state index contributed by atoms with van der Waals surface area (Å²) in [6.45, 7) is 0. The third-order valence-electron chi connectivity index (χ3n) is 9.04. The van der Waals surface area contributed by atoms with Crippen molar-refractivity contribution in [3.63, 3.8) is 0 Å². The van der Waals surface area contributed by atoms with Crippen LogP contribution in [0, 0.1) is 0 Å². The highest BCUT2D eigenvalue weighted by Gasteiger charge is 2.18. The van der Waals surface area contributed by atoms with Crippen LogP contribution in [0.25, 0.3) is 65.7 Å². The molecule has 216 valence electrons. The topological polar surface area (TPSA) is 16.4 Å². The molecule has 0 atom stereocenters. The van der Waals surface area contributed by atoms with Crippen molar-refractivity contribution in [3.05, 3.63) is 176 Å². The predicted molar refractivity (Wildman–Crippen MR) is 194 cm³/mol. The van der Waals surface area contributed by atoms with Crippen LogP contribution in [0.15, 0.2) is 180 Å². The molecule has 9 aromatic rings. The van der Waals surface area contributed by atoms with Crippen molar-refractivity contribution in [2.75, 3.05) is 4.90 Å². The molecule has 2 heteroatoms. The molecule has 0 unspecified atom stereocenters. The average molecular weight is 588 g/mol. The fraction of sp³-hybridized carbons (Fsp3) is 0. The summed E-state index contributed by atoms with van der Waals surface area (Å²) in [5.74, 6) is 0. The number of anilines is 3. The Morgan fingerprint density at radius 3 is 1.87 bits per heavy atom. The first-order valence-electron chi connectivity index (χ1n) is 15.7. The number of fused-ring (bicyclic) bond motifs is 5. The van der Waals surface area contributed by atoms with Gasteiger partial charge in [0.2, 0.25) is 0 Å². The highest BCUT2D eigenvalue weighted by molar-refractivity contribution is 6.14. The van der Waals surface area contributed by atoms with Crippen molar-refractivity contribution >= 4 is 60.5 Å². The summed E-state index contributed by atoms with van der Waals surface area (Å²) in [4.78, 5) is 2.32. The van der Waals surface area contributed by atoms with Gasteiger partial charge in [-0.25, -0.2) is 0 Å². The number of hydrogen-bond acceptors (Lipinski definition) is 2. The quantitative estimate of drug-likeness (QED) is 0.199. The Balaban J connectivity index is 1.19. The normalized spacial score (nSPS) is 11.5. The largest absolute Gasteiger partial charge is 0.456 e. The Labute approximate surface area is 267 Å². The SMILES string of the molecule is c1ccc(N(c2ccc(-c3cccc4ccccc34)cc2)c2ccc3oc4cccc(-c5ccc6ccccc6c5)c4c3c2)cc1. The Morgan fingerprint density at radius 2 is 1.00 bits per heavy atom. The number of benzene rings is 8. The maximum absolute atomic E-state index is 6.43. The second-order valence-corrected chi connectivity index (χ2v) is 11.8. The standard InChI is InChI=1S/C44H29NO/c1-2-14-35(15-3-1)45(36-24-22-32(23-25-36)39-17-8-13-31-11-6-7-16-38(31)39)37-26-27-42-41(29-37)44-40(18-9-19-43(44)46-42)34-21-20-30-10-4-5-12-33(30)28-34/h1-29H. The summed E-state index contributed by atoms with van der Waals surface area (Å²) in [5.41, 5.74) is 9.83. The molecule has 46 heavy (non-hydrogen) atoms. The van der Waals surface area contributed by atoms with Crippen LogP contribution in [-0.2, 0) is 0 Å². The van der Waals surface area contributed by atoms with Crippen molar-refractivity contribution in [2.45, 2.75) is 0 Å². The van der Waals surface area contributed by atoms with Crippen LogP contribution in [-0.4, -0.2) is 0 Å². The lowest BCUT2D eigenvalue weighted by Gasteiger charge is -2.25. The van der Waals surface area contributed by atoms with Crippen molar-refractivity contribution < 1.29 is 4.42 Å². The maximum atomic E-state index is 6.43. The summed E-state index contributed by atoms with van der Waals surface area (Å²) in [6, 6.07) is 62.7. The van der Waals surface area contributed by atoms with E-state index < -0.39 is 0 Å². The molecule has 8 aromatic carbocycles. The number of nitrogens with zero attached hydrogens (tertiary/aromatic N) is 1. The van der Waals surface area contributed by atoms with Crippen molar-refractivity contribution in [3.8, 4) is 22.3 Å². The Bertz CT molecular complexity index is 2520. The van der Waals surface area contributed by atoms with E-state index >= 15 is 0 Å². The Kier molecular flexibility index (Phi) is 6.17. The highest BCUT2D eigenvalue weighted by atomic mass is 16.3. The van der Waals surface area contributed by atoms with Gasteiger partial charge in [0.05, 0.1) is 0 Å². The van der Waals surface area contributed by atoms with E-state index in [0.717, 1.165) is 39.0 Å². The number of furan rings is 1. The molecule has 0 spiro atoms. The summed E-state index contributed by atoms with van der Waals surface area (Å²) in [7, 11) is 0. The number of hydrogen-bond donors (Lipinski definition) is 0. The van der Waals surface area contributed by atoms with Gasteiger partial charge in [-0.2, -0.15) is 0 Å². The fourth-order valence-electron chi connectivity index (χ4n) is 6.84. The van der Waals surface area contributed by atoms with E-state index in [1.54, 1.807) is 0 Å². The van der Waals surface area contributed by atoms with Crippen LogP contribution >= 0.6 is 0 Å². The molecule has 9 rings (SSSR count). The zero-order chi connectivity index (χ0) is 30.5.